The number of hydrogen-bond acceptors (Lipinski definition) is 4. The summed E-state index contributed by atoms with van der Waals surface area (Å²) in [5.74, 6) is 0.982. The highest BCUT2D eigenvalue weighted by atomic mass is 16.5. The van der Waals surface area contributed by atoms with Crippen molar-refractivity contribution in [1.82, 2.24) is 19.6 Å². The smallest absolute Gasteiger partial charge is 0.123 e. The van der Waals surface area contributed by atoms with Crippen LogP contribution in [0.5, 0.6) is 5.75 Å². The Morgan fingerprint density at radius 1 is 1.12 bits per heavy atom. The molecule has 2 aliphatic heterocycles. The van der Waals surface area contributed by atoms with E-state index in [0.717, 1.165) is 25.4 Å². The summed E-state index contributed by atoms with van der Waals surface area (Å²) < 4.78 is 7.79. The maximum atomic E-state index is 5.53. The molecule has 0 aliphatic carbocycles. The topological polar surface area (TPSA) is 33.5 Å². The number of para-hydroxylation sites is 1. The van der Waals surface area contributed by atoms with Crippen LogP contribution in [0, 0.1) is 0 Å². The second-order valence-electron chi connectivity index (χ2n) is 7.24. The van der Waals surface area contributed by atoms with Crippen LogP contribution < -0.4 is 4.74 Å². The molecule has 0 radical (unpaired) electrons. The van der Waals surface area contributed by atoms with E-state index in [1.165, 1.54) is 50.2 Å². The molecule has 1 saturated heterocycles. The Labute approximate surface area is 150 Å². The SMILES string of the molecule is COc1ccccc1CN1Cc2ccnn2C(CCN2CCCC2)C1. The van der Waals surface area contributed by atoms with Gasteiger partial charge in [-0.05, 0) is 44.5 Å². The third-order valence-electron chi connectivity index (χ3n) is 5.52. The van der Waals surface area contributed by atoms with Gasteiger partial charge < -0.3 is 9.64 Å². The minimum Gasteiger partial charge on any atom is -0.496 e. The van der Waals surface area contributed by atoms with Gasteiger partial charge in [0.05, 0.1) is 18.8 Å². The first-order chi connectivity index (χ1) is 12.3. The van der Waals surface area contributed by atoms with Crippen molar-refractivity contribution in [3.63, 3.8) is 0 Å². The highest BCUT2D eigenvalue weighted by molar-refractivity contribution is 5.33. The second kappa shape index (κ2) is 7.58. The average Bonchev–Trinajstić information content (AvgIpc) is 3.31. The highest BCUT2D eigenvalue weighted by Gasteiger charge is 2.26. The summed E-state index contributed by atoms with van der Waals surface area (Å²) in [6.07, 6.45) is 5.84. The summed E-state index contributed by atoms with van der Waals surface area (Å²) >= 11 is 0. The van der Waals surface area contributed by atoms with Crippen LogP contribution in [-0.2, 0) is 13.1 Å². The second-order valence-corrected chi connectivity index (χ2v) is 7.24. The predicted molar refractivity (Wildman–Crippen MR) is 98.7 cm³/mol. The molecule has 2 aliphatic rings. The lowest BCUT2D eigenvalue weighted by Crippen LogP contribution is -2.38. The van der Waals surface area contributed by atoms with Crippen LogP contribution in [0.15, 0.2) is 36.5 Å². The number of aromatic nitrogens is 2. The molecule has 1 fully saturated rings. The van der Waals surface area contributed by atoms with Crippen molar-refractivity contribution in [2.75, 3.05) is 33.3 Å². The van der Waals surface area contributed by atoms with E-state index in [0.29, 0.717) is 6.04 Å². The Balaban J connectivity index is 1.45. The van der Waals surface area contributed by atoms with Crippen LogP contribution in [-0.4, -0.2) is 52.9 Å². The van der Waals surface area contributed by atoms with Gasteiger partial charge in [-0.2, -0.15) is 5.10 Å². The van der Waals surface area contributed by atoms with E-state index in [1.54, 1.807) is 7.11 Å². The number of ether oxygens (including phenoxy) is 1. The van der Waals surface area contributed by atoms with Crippen molar-refractivity contribution in [2.24, 2.45) is 0 Å². The van der Waals surface area contributed by atoms with Crippen LogP contribution >= 0.6 is 0 Å². The molecule has 1 aromatic carbocycles. The van der Waals surface area contributed by atoms with Gasteiger partial charge in [0.2, 0.25) is 0 Å². The van der Waals surface area contributed by atoms with Gasteiger partial charge in [-0.25, -0.2) is 0 Å². The fourth-order valence-corrected chi connectivity index (χ4v) is 4.21. The van der Waals surface area contributed by atoms with Crippen LogP contribution in [0.2, 0.25) is 0 Å². The van der Waals surface area contributed by atoms with Crippen molar-refractivity contribution in [3.05, 3.63) is 47.8 Å². The lowest BCUT2D eigenvalue weighted by Gasteiger charge is -2.35. The summed E-state index contributed by atoms with van der Waals surface area (Å²) in [4.78, 5) is 5.13. The third-order valence-corrected chi connectivity index (χ3v) is 5.52. The zero-order valence-electron chi connectivity index (χ0n) is 15.1. The van der Waals surface area contributed by atoms with Crippen LogP contribution in [0.1, 0.15) is 36.6 Å². The Morgan fingerprint density at radius 3 is 2.80 bits per heavy atom. The number of methoxy groups -OCH3 is 1. The van der Waals surface area contributed by atoms with Gasteiger partial charge in [0.1, 0.15) is 5.75 Å². The number of nitrogens with zero attached hydrogens (tertiary/aromatic N) is 4. The molecule has 1 aromatic heterocycles. The summed E-state index contributed by atoms with van der Waals surface area (Å²) in [6.45, 7) is 6.66. The molecule has 0 N–H and O–H groups in total. The van der Waals surface area contributed by atoms with E-state index < -0.39 is 0 Å². The molecule has 1 unspecified atom stereocenters. The lowest BCUT2D eigenvalue weighted by atomic mass is 10.1. The third kappa shape index (κ3) is 3.72. The molecule has 0 amide bonds. The molecule has 5 heteroatoms. The Kier molecular flexibility index (Phi) is 5.04. The monoisotopic (exact) mass is 340 g/mol. The van der Waals surface area contributed by atoms with E-state index in [9.17, 15) is 0 Å². The maximum Gasteiger partial charge on any atom is 0.123 e. The van der Waals surface area contributed by atoms with Crippen LogP contribution in [0.4, 0.5) is 0 Å². The molecule has 5 nitrogen and oxygen atoms in total. The van der Waals surface area contributed by atoms with E-state index in [1.807, 2.05) is 18.3 Å². The fourth-order valence-electron chi connectivity index (χ4n) is 4.21. The maximum absolute atomic E-state index is 5.53. The molecule has 0 bridgehead atoms. The van der Waals surface area contributed by atoms with Crippen molar-refractivity contribution in [1.29, 1.82) is 0 Å². The Bertz CT molecular complexity index is 693. The fraction of sp³-hybridized carbons (Fsp3) is 0.550. The number of hydrogen-bond donors (Lipinski definition) is 0. The number of fused-ring (bicyclic) bond motifs is 1. The zero-order chi connectivity index (χ0) is 17.1. The van der Waals surface area contributed by atoms with Crippen molar-refractivity contribution < 1.29 is 4.74 Å². The molecular weight excluding hydrogens is 312 g/mol. The van der Waals surface area contributed by atoms with Gasteiger partial charge >= 0.3 is 0 Å². The van der Waals surface area contributed by atoms with Gasteiger partial charge in [-0.15, -0.1) is 0 Å². The first kappa shape index (κ1) is 16.6. The first-order valence-electron chi connectivity index (χ1n) is 9.42. The van der Waals surface area contributed by atoms with Gasteiger partial charge in [0.25, 0.3) is 0 Å². The van der Waals surface area contributed by atoms with Crippen LogP contribution in [0.3, 0.4) is 0 Å². The first-order valence-corrected chi connectivity index (χ1v) is 9.42. The summed E-state index contributed by atoms with van der Waals surface area (Å²) in [5, 5.41) is 4.61. The number of rotatable bonds is 6. The standard InChI is InChI=1S/C20H28N4O/c1-25-20-7-3-2-6-17(20)14-23-15-18-8-10-21-24(18)19(16-23)9-13-22-11-4-5-12-22/h2-3,6-8,10,19H,4-5,9,11-16H2,1H3. The van der Waals surface area contributed by atoms with Crippen molar-refractivity contribution in [3.8, 4) is 5.75 Å². The minimum absolute atomic E-state index is 0.467. The van der Waals surface area contributed by atoms with Gasteiger partial charge in [-0.1, -0.05) is 18.2 Å². The average molecular weight is 340 g/mol. The molecule has 0 spiro atoms. The normalized spacial score (nSPS) is 21.4. The quantitative estimate of drug-likeness (QED) is 0.810. The molecule has 4 rings (SSSR count). The summed E-state index contributed by atoms with van der Waals surface area (Å²) in [6, 6.07) is 11.0. The molecule has 134 valence electrons. The predicted octanol–water partition coefficient (Wildman–Crippen LogP) is 2.93. The number of likely N-dealkylation sites (tertiary alicyclic amines) is 1. The van der Waals surface area contributed by atoms with Crippen molar-refractivity contribution in [2.45, 2.75) is 38.4 Å². The molecule has 25 heavy (non-hydrogen) atoms. The molecular formula is C20H28N4O. The van der Waals surface area contributed by atoms with Crippen LogP contribution in [0.25, 0.3) is 0 Å². The minimum atomic E-state index is 0.467. The molecule has 0 saturated carbocycles. The molecule has 3 heterocycles. The van der Waals surface area contributed by atoms with E-state index in [2.05, 4.69) is 37.8 Å². The largest absolute Gasteiger partial charge is 0.496 e. The lowest BCUT2D eigenvalue weighted by molar-refractivity contribution is 0.151. The van der Waals surface area contributed by atoms with Crippen molar-refractivity contribution >= 4 is 0 Å². The zero-order valence-corrected chi connectivity index (χ0v) is 15.1. The van der Waals surface area contributed by atoms with Gasteiger partial charge in [-0.3, -0.25) is 9.58 Å². The summed E-state index contributed by atoms with van der Waals surface area (Å²) in [5.41, 5.74) is 2.59. The highest BCUT2D eigenvalue weighted by Crippen LogP contribution is 2.27. The van der Waals surface area contributed by atoms with E-state index in [4.69, 9.17) is 4.74 Å². The van der Waals surface area contributed by atoms with E-state index >= 15 is 0 Å². The van der Waals surface area contributed by atoms with Gasteiger partial charge in [0.15, 0.2) is 0 Å². The molecule has 2 aromatic rings. The number of benzene rings is 1. The Morgan fingerprint density at radius 2 is 1.96 bits per heavy atom. The Hall–Kier alpha value is -1.85. The molecule has 1 atom stereocenters. The van der Waals surface area contributed by atoms with Gasteiger partial charge in [0, 0.05) is 37.9 Å². The summed E-state index contributed by atoms with van der Waals surface area (Å²) in [7, 11) is 1.75. The van der Waals surface area contributed by atoms with E-state index in [-0.39, 0.29) is 0 Å².